The number of ether oxygens (including phenoxy) is 2. The summed E-state index contributed by atoms with van der Waals surface area (Å²) in [6.45, 7) is 9.18. The number of nitrogens with zero attached hydrogens (tertiary/aromatic N) is 2. The third-order valence-corrected chi connectivity index (χ3v) is 8.46. The van der Waals surface area contributed by atoms with E-state index in [0.717, 1.165) is 65.2 Å². The van der Waals surface area contributed by atoms with Crippen molar-refractivity contribution < 1.29 is 14.3 Å². The van der Waals surface area contributed by atoms with Gasteiger partial charge in [-0.2, -0.15) is 5.10 Å². The Bertz CT molecular complexity index is 1580. The molecule has 2 N–H and O–H groups in total. The lowest BCUT2D eigenvalue weighted by molar-refractivity contribution is -0.120. The molecule has 1 saturated heterocycles. The number of rotatable bonds is 8. The molecular formula is C34H38N4O3. The van der Waals surface area contributed by atoms with Crippen molar-refractivity contribution in [2.24, 2.45) is 0 Å². The van der Waals surface area contributed by atoms with Crippen LogP contribution in [0.1, 0.15) is 55.1 Å². The maximum Gasteiger partial charge on any atom is 0.234 e. The fourth-order valence-corrected chi connectivity index (χ4v) is 6.19. The normalized spacial score (nSPS) is 22.8. The van der Waals surface area contributed by atoms with Crippen LogP contribution >= 0.6 is 0 Å². The summed E-state index contributed by atoms with van der Waals surface area (Å²) in [4.78, 5) is 15.4. The Morgan fingerprint density at radius 3 is 2.54 bits per heavy atom. The SMILES string of the molecule is COc1ccc2c(c1)[C@](C)(CCc1ccc3c(/C=C/c4ccc(CN5C[C@@H](C)O[C@@H](C)C5)cc4)n[nH]c3c1)C(=O)N2. The number of aromatic amines is 1. The van der Waals surface area contributed by atoms with Gasteiger partial charge in [0.15, 0.2) is 0 Å². The molecule has 2 aliphatic rings. The lowest BCUT2D eigenvalue weighted by Crippen LogP contribution is -2.44. The van der Waals surface area contributed by atoms with Crippen molar-refractivity contribution >= 4 is 34.6 Å². The van der Waals surface area contributed by atoms with E-state index in [0.29, 0.717) is 6.42 Å². The van der Waals surface area contributed by atoms with Crippen molar-refractivity contribution in [2.75, 3.05) is 25.5 Å². The molecule has 2 aliphatic heterocycles. The summed E-state index contributed by atoms with van der Waals surface area (Å²) in [6, 6.07) is 20.9. The van der Waals surface area contributed by atoms with E-state index in [1.807, 2.05) is 25.1 Å². The summed E-state index contributed by atoms with van der Waals surface area (Å²) in [5, 5.41) is 11.9. The Morgan fingerprint density at radius 2 is 1.78 bits per heavy atom. The van der Waals surface area contributed by atoms with Gasteiger partial charge in [0.2, 0.25) is 5.91 Å². The highest BCUT2D eigenvalue weighted by Gasteiger charge is 2.42. The molecule has 3 heterocycles. The van der Waals surface area contributed by atoms with Crippen molar-refractivity contribution in [3.05, 3.63) is 88.6 Å². The molecule has 7 heteroatoms. The van der Waals surface area contributed by atoms with Crippen LogP contribution in [0.4, 0.5) is 5.69 Å². The van der Waals surface area contributed by atoms with Crippen LogP contribution in [-0.2, 0) is 27.9 Å². The Labute approximate surface area is 241 Å². The van der Waals surface area contributed by atoms with E-state index in [-0.39, 0.29) is 18.1 Å². The topological polar surface area (TPSA) is 79.5 Å². The molecule has 0 unspecified atom stereocenters. The third-order valence-electron chi connectivity index (χ3n) is 8.46. The number of fused-ring (bicyclic) bond motifs is 2. The van der Waals surface area contributed by atoms with Gasteiger partial charge in [-0.3, -0.25) is 14.8 Å². The van der Waals surface area contributed by atoms with Gasteiger partial charge in [-0.15, -0.1) is 0 Å². The second-order valence-electron chi connectivity index (χ2n) is 11.7. The lowest BCUT2D eigenvalue weighted by atomic mass is 9.78. The summed E-state index contributed by atoms with van der Waals surface area (Å²) in [6.07, 6.45) is 6.20. The average Bonchev–Trinajstić information content (AvgIpc) is 3.48. The summed E-state index contributed by atoms with van der Waals surface area (Å²) in [5.41, 5.74) is 6.80. The van der Waals surface area contributed by atoms with E-state index in [1.54, 1.807) is 7.11 Å². The van der Waals surface area contributed by atoms with Crippen LogP contribution in [0.2, 0.25) is 0 Å². The van der Waals surface area contributed by atoms with Gasteiger partial charge in [0.1, 0.15) is 5.75 Å². The van der Waals surface area contributed by atoms with Gasteiger partial charge in [-0.25, -0.2) is 0 Å². The first-order valence-corrected chi connectivity index (χ1v) is 14.4. The first kappa shape index (κ1) is 27.2. The highest BCUT2D eigenvalue weighted by Crippen LogP contribution is 2.42. The molecule has 6 rings (SSSR count). The van der Waals surface area contributed by atoms with Crippen molar-refractivity contribution in [3.8, 4) is 5.75 Å². The fraction of sp³-hybridized carbons (Fsp3) is 0.353. The smallest absolute Gasteiger partial charge is 0.234 e. The molecule has 1 amide bonds. The number of carbonyl (C=O) groups is 1. The number of hydrogen-bond acceptors (Lipinski definition) is 5. The van der Waals surface area contributed by atoms with Crippen LogP contribution in [0, 0.1) is 0 Å². The molecule has 3 aromatic carbocycles. The molecule has 1 fully saturated rings. The van der Waals surface area contributed by atoms with E-state index in [2.05, 4.69) is 88.9 Å². The fourth-order valence-electron chi connectivity index (χ4n) is 6.19. The maximum atomic E-state index is 12.9. The average molecular weight is 551 g/mol. The number of hydrogen-bond donors (Lipinski definition) is 2. The number of nitrogens with one attached hydrogen (secondary N) is 2. The minimum Gasteiger partial charge on any atom is -0.497 e. The first-order chi connectivity index (χ1) is 19.8. The number of anilines is 1. The summed E-state index contributed by atoms with van der Waals surface area (Å²) >= 11 is 0. The molecule has 0 spiro atoms. The van der Waals surface area contributed by atoms with Crippen LogP contribution in [0.5, 0.6) is 5.75 Å². The van der Waals surface area contributed by atoms with E-state index in [1.165, 1.54) is 11.1 Å². The Balaban J connectivity index is 1.11. The van der Waals surface area contributed by atoms with Gasteiger partial charge in [0.05, 0.1) is 35.9 Å². The summed E-state index contributed by atoms with van der Waals surface area (Å²) in [7, 11) is 1.65. The number of morpholine rings is 1. The second kappa shape index (κ2) is 11.1. The van der Waals surface area contributed by atoms with E-state index >= 15 is 0 Å². The third kappa shape index (κ3) is 5.65. The minimum atomic E-state index is -0.602. The second-order valence-corrected chi connectivity index (χ2v) is 11.7. The molecule has 212 valence electrons. The molecule has 1 aromatic heterocycles. The maximum absolute atomic E-state index is 12.9. The van der Waals surface area contributed by atoms with Crippen molar-refractivity contribution in [2.45, 2.75) is 57.8 Å². The van der Waals surface area contributed by atoms with Crippen LogP contribution in [0.15, 0.2) is 60.7 Å². The quantitative estimate of drug-likeness (QED) is 0.273. The highest BCUT2D eigenvalue weighted by molar-refractivity contribution is 6.06. The summed E-state index contributed by atoms with van der Waals surface area (Å²) < 4.78 is 11.3. The van der Waals surface area contributed by atoms with Crippen molar-refractivity contribution in [1.82, 2.24) is 15.1 Å². The molecule has 3 atom stereocenters. The molecule has 0 saturated carbocycles. The van der Waals surface area contributed by atoms with Gasteiger partial charge in [0.25, 0.3) is 0 Å². The van der Waals surface area contributed by atoms with Crippen LogP contribution in [0.25, 0.3) is 23.1 Å². The number of aryl methyl sites for hydroxylation is 1. The monoisotopic (exact) mass is 550 g/mol. The molecule has 4 aromatic rings. The van der Waals surface area contributed by atoms with Gasteiger partial charge in [0, 0.05) is 30.7 Å². The molecular weight excluding hydrogens is 512 g/mol. The number of aromatic nitrogens is 2. The zero-order chi connectivity index (χ0) is 28.6. The van der Waals surface area contributed by atoms with Crippen molar-refractivity contribution in [1.29, 1.82) is 0 Å². The van der Waals surface area contributed by atoms with E-state index in [4.69, 9.17) is 9.47 Å². The zero-order valence-corrected chi connectivity index (χ0v) is 24.2. The van der Waals surface area contributed by atoms with Gasteiger partial charge in [-0.05, 0) is 86.2 Å². The number of carbonyl (C=O) groups excluding carboxylic acids is 1. The lowest BCUT2D eigenvalue weighted by Gasteiger charge is -2.35. The van der Waals surface area contributed by atoms with Gasteiger partial charge >= 0.3 is 0 Å². The zero-order valence-electron chi connectivity index (χ0n) is 24.2. The summed E-state index contributed by atoms with van der Waals surface area (Å²) in [5.74, 6) is 0.799. The molecule has 0 aliphatic carbocycles. The number of benzene rings is 3. The number of amides is 1. The van der Waals surface area contributed by atoms with Gasteiger partial charge < -0.3 is 14.8 Å². The van der Waals surface area contributed by atoms with Crippen LogP contribution in [0.3, 0.4) is 0 Å². The first-order valence-electron chi connectivity index (χ1n) is 14.4. The molecule has 0 bridgehead atoms. The number of methoxy groups -OCH3 is 1. The molecule has 0 radical (unpaired) electrons. The standard InChI is InChI=1S/C34H38N4O3/c1-22-19-38(20-23(2)41-22)21-26-7-5-24(6-8-26)10-13-30-28-12-9-25(17-32(28)37-36-30)15-16-34(3)29-18-27(40-4)11-14-31(29)35-33(34)39/h5-14,17-18,22-23H,15-16,19-21H2,1-4H3,(H,35,39)(H,36,37)/b13-10+/t22-,23+,34-/m0/s1. The molecule has 41 heavy (non-hydrogen) atoms. The predicted molar refractivity (Wildman–Crippen MR) is 164 cm³/mol. The Morgan fingerprint density at radius 1 is 1.02 bits per heavy atom. The van der Waals surface area contributed by atoms with Crippen LogP contribution < -0.4 is 10.1 Å². The highest BCUT2D eigenvalue weighted by atomic mass is 16.5. The Kier molecular flexibility index (Phi) is 7.41. The minimum absolute atomic E-state index is 0.0362. The van der Waals surface area contributed by atoms with Crippen molar-refractivity contribution in [3.63, 3.8) is 0 Å². The number of H-pyrrole nitrogens is 1. The van der Waals surface area contributed by atoms with Gasteiger partial charge in [-0.1, -0.05) is 42.5 Å². The molecule has 7 nitrogen and oxygen atoms in total. The Hall–Kier alpha value is -3.94. The predicted octanol–water partition coefficient (Wildman–Crippen LogP) is 6.19. The van der Waals surface area contributed by atoms with E-state index < -0.39 is 5.41 Å². The van der Waals surface area contributed by atoms with E-state index in [9.17, 15) is 4.79 Å². The van der Waals surface area contributed by atoms with Crippen LogP contribution in [-0.4, -0.2) is 53.4 Å². The largest absolute Gasteiger partial charge is 0.497 e.